The molecule has 10 heteroatoms. The predicted molar refractivity (Wildman–Crippen MR) is 104 cm³/mol. The Balaban J connectivity index is 1.85. The Morgan fingerprint density at radius 3 is 2.35 bits per heavy atom. The Morgan fingerprint density at radius 2 is 1.74 bits per heavy atom. The Bertz CT molecular complexity index is 1160. The lowest BCUT2D eigenvalue weighted by atomic mass is 9.93. The molecule has 1 aromatic heterocycles. The number of H-pyrrole nitrogens is 1. The lowest BCUT2D eigenvalue weighted by Gasteiger charge is -2.27. The first-order chi connectivity index (χ1) is 14.4. The summed E-state index contributed by atoms with van der Waals surface area (Å²) in [5.74, 6) is -2.75. The molecule has 3 aromatic rings. The van der Waals surface area contributed by atoms with Gasteiger partial charge in [-0.1, -0.05) is 36.4 Å². The summed E-state index contributed by atoms with van der Waals surface area (Å²) in [6.07, 6.45) is -5.03. The van der Waals surface area contributed by atoms with Gasteiger partial charge in [-0.15, -0.1) is 13.2 Å². The molecular weight excluding hydrogens is 418 g/mol. The van der Waals surface area contributed by atoms with Gasteiger partial charge in [0.2, 0.25) is 0 Å². The maximum absolute atomic E-state index is 14.1. The van der Waals surface area contributed by atoms with Crippen molar-refractivity contribution in [1.82, 2.24) is 15.3 Å². The van der Waals surface area contributed by atoms with E-state index in [0.717, 1.165) is 18.2 Å². The van der Waals surface area contributed by atoms with E-state index in [-0.39, 0.29) is 17.1 Å². The molecule has 0 unspecified atom stereocenters. The molecule has 0 aliphatic heterocycles. The standard InChI is InChI=1S/C21H17F4N3O3/c1-20(2,13-8-9-16(14(22)10-13)31-21(23,24)25)28-19(30)15-11-17(29)27-18(26-15)12-6-4-3-5-7-12/h3-11H,1-2H3,(H,28,30)(H,26,27,29). The highest BCUT2D eigenvalue weighted by Gasteiger charge is 2.33. The van der Waals surface area contributed by atoms with E-state index in [1.165, 1.54) is 19.9 Å². The summed E-state index contributed by atoms with van der Waals surface area (Å²) in [4.78, 5) is 31.4. The fourth-order valence-electron chi connectivity index (χ4n) is 2.82. The Morgan fingerprint density at radius 1 is 1.06 bits per heavy atom. The average molecular weight is 435 g/mol. The predicted octanol–water partition coefficient (Wildman–Crippen LogP) is 4.14. The van der Waals surface area contributed by atoms with E-state index < -0.39 is 34.9 Å². The number of carbonyl (C=O) groups is 1. The summed E-state index contributed by atoms with van der Waals surface area (Å²) in [6, 6.07) is 12.5. The van der Waals surface area contributed by atoms with Gasteiger partial charge in [-0.25, -0.2) is 9.37 Å². The molecule has 0 spiro atoms. The Labute approximate surface area is 173 Å². The number of hydrogen-bond donors (Lipinski definition) is 2. The number of hydrogen-bond acceptors (Lipinski definition) is 4. The highest BCUT2D eigenvalue weighted by atomic mass is 19.4. The largest absolute Gasteiger partial charge is 0.573 e. The molecule has 31 heavy (non-hydrogen) atoms. The lowest BCUT2D eigenvalue weighted by Crippen LogP contribution is -2.41. The fourth-order valence-corrected chi connectivity index (χ4v) is 2.82. The third kappa shape index (κ3) is 5.47. The Hall–Kier alpha value is -3.69. The quantitative estimate of drug-likeness (QED) is 0.590. The van der Waals surface area contributed by atoms with Crippen molar-refractivity contribution in [1.29, 1.82) is 0 Å². The highest BCUT2D eigenvalue weighted by molar-refractivity contribution is 5.93. The summed E-state index contributed by atoms with van der Waals surface area (Å²) in [6.45, 7) is 3.05. The van der Waals surface area contributed by atoms with E-state index in [4.69, 9.17) is 0 Å². The van der Waals surface area contributed by atoms with Crippen molar-refractivity contribution in [2.75, 3.05) is 0 Å². The van der Waals surface area contributed by atoms with Crippen molar-refractivity contribution in [3.63, 3.8) is 0 Å². The van der Waals surface area contributed by atoms with Crippen LogP contribution in [0.25, 0.3) is 11.4 Å². The normalized spacial score (nSPS) is 11.8. The van der Waals surface area contributed by atoms with Crippen LogP contribution in [0.1, 0.15) is 29.9 Å². The Kier molecular flexibility index (Phi) is 5.83. The number of nitrogens with one attached hydrogen (secondary N) is 2. The number of nitrogens with zero attached hydrogens (tertiary/aromatic N) is 1. The molecule has 3 rings (SSSR count). The highest BCUT2D eigenvalue weighted by Crippen LogP contribution is 2.29. The smallest absolute Gasteiger partial charge is 0.403 e. The first-order valence-corrected chi connectivity index (χ1v) is 9.00. The zero-order valence-corrected chi connectivity index (χ0v) is 16.4. The molecule has 0 aliphatic carbocycles. The maximum atomic E-state index is 14.1. The number of carbonyl (C=O) groups excluding carboxylic acids is 1. The summed E-state index contributed by atoms with van der Waals surface area (Å²) in [7, 11) is 0. The maximum Gasteiger partial charge on any atom is 0.573 e. The summed E-state index contributed by atoms with van der Waals surface area (Å²) in [5.41, 5.74) is -1.15. The fraction of sp³-hybridized carbons (Fsp3) is 0.190. The minimum atomic E-state index is -5.03. The third-order valence-electron chi connectivity index (χ3n) is 4.33. The molecule has 2 N–H and O–H groups in total. The molecule has 1 heterocycles. The van der Waals surface area contributed by atoms with Crippen LogP contribution in [0.15, 0.2) is 59.4 Å². The monoisotopic (exact) mass is 435 g/mol. The van der Waals surface area contributed by atoms with Gasteiger partial charge >= 0.3 is 6.36 Å². The van der Waals surface area contributed by atoms with Crippen molar-refractivity contribution in [3.05, 3.63) is 82.0 Å². The summed E-state index contributed by atoms with van der Waals surface area (Å²) >= 11 is 0. The molecule has 162 valence electrons. The second kappa shape index (κ2) is 8.21. The molecule has 0 atom stereocenters. The first kappa shape index (κ1) is 22.0. The SMILES string of the molecule is CC(C)(NC(=O)c1cc(=O)[nH]c(-c2ccccc2)n1)c1ccc(OC(F)(F)F)c(F)c1. The molecule has 0 aliphatic rings. The molecule has 2 aromatic carbocycles. The number of ether oxygens (including phenoxy) is 1. The van der Waals surface area contributed by atoms with Gasteiger partial charge in [-0.05, 0) is 31.5 Å². The van der Waals surface area contributed by atoms with E-state index >= 15 is 0 Å². The van der Waals surface area contributed by atoms with Crippen LogP contribution in [0.2, 0.25) is 0 Å². The molecule has 0 fully saturated rings. The number of aromatic amines is 1. The van der Waals surface area contributed by atoms with Crippen LogP contribution in [-0.4, -0.2) is 22.2 Å². The molecular formula is C21H17F4N3O3. The van der Waals surface area contributed by atoms with Crippen molar-refractivity contribution in [2.24, 2.45) is 0 Å². The zero-order valence-electron chi connectivity index (χ0n) is 16.4. The van der Waals surface area contributed by atoms with Crippen LogP contribution < -0.4 is 15.6 Å². The van der Waals surface area contributed by atoms with E-state index in [2.05, 4.69) is 20.0 Å². The number of amides is 1. The van der Waals surface area contributed by atoms with E-state index in [9.17, 15) is 27.2 Å². The van der Waals surface area contributed by atoms with Gasteiger partial charge in [-0.2, -0.15) is 0 Å². The summed E-state index contributed by atoms with van der Waals surface area (Å²) < 4.78 is 54.6. The molecule has 0 radical (unpaired) electrons. The van der Waals surface area contributed by atoms with Gasteiger partial charge < -0.3 is 15.0 Å². The van der Waals surface area contributed by atoms with E-state index in [1.54, 1.807) is 30.3 Å². The minimum absolute atomic E-state index is 0.173. The van der Waals surface area contributed by atoms with Gasteiger partial charge in [0.05, 0.1) is 5.54 Å². The number of aromatic nitrogens is 2. The van der Waals surface area contributed by atoms with E-state index in [0.29, 0.717) is 5.56 Å². The van der Waals surface area contributed by atoms with Crippen LogP contribution in [-0.2, 0) is 5.54 Å². The second-order valence-electron chi connectivity index (χ2n) is 7.12. The minimum Gasteiger partial charge on any atom is -0.403 e. The zero-order chi connectivity index (χ0) is 22.8. The van der Waals surface area contributed by atoms with Gasteiger partial charge in [0.15, 0.2) is 11.6 Å². The van der Waals surface area contributed by atoms with Crippen LogP contribution in [0.3, 0.4) is 0 Å². The van der Waals surface area contributed by atoms with Gasteiger partial charge in [0.1, 0.15) is 11.5 Å². The lowest BCUT2D eigenvalue weighted by molar-refractivity contribution is -0.275. The molecule has 0 bridgehead atoms. The number of rotatable bonds is 5. The number of alkyl halides is 3. The molecule has 6 nitrogen and oxygen atoms in total. The van der Waals surface area contributed by atoms with Crippen LogP contribution >= 0.6 is 0 Å². The number of halogens is 4. The number of benzene rings is 2. The topological polar surface area (TPSA) is 84.1 Å². The van der Waals surface area contributed by atoms with E-state index in [1.807, 2.05) is 0 Å². The van der Waals surface area contributed by atoms with Crippen molar-refractivity contribution >= 4 is 5.91 Å². The van der Waals surface area contributed by atoms with Crippen LogP contribution in [0.4, 0.5) is 17.6 Å². The van der Waals surface area contributed by atoms with Gasteiger partial charge in [0.25, 0.3) is 11.5 Å². The second-order valence-corrected chi connectivity index (χ2v) is 7.12. The average Bonchev–Trinajstić information content (AvgIpc) is 2.68. The van der Waals surface area contributed by atoms with Gasteiger partial charge in [0, 0.05) is 11.6 Å². The van der Waals surface area contributed by atoms with Crippen molar-refractivity contribution < 1.29 is 27.1 Å². The van der Waals surface area contributed by atoms with Crippen molar-refractivity contribution in [2.45, 2.75) is 25.7 Å². The molecule has 0 saturated heterocycles. The van der Waals surface area contributed by atoms with Crippen LogP contribution in [0, 0.1) is 5.82 Å². The van der Waals surface area contributed by atoms with Crippen LogP contribution in [0.5, 0.6) is 5.75 Å². The molecule has 0 saturated carbocycles. The third-order valence-corrected chi connectivity index (χ3v) is 4.33. The summed E-state index contributed by atoms with van der Waals surface area (Å²) in [5, 5.41) is 2.61. The van der Waals surface area contributed by atoms with Gasteiger partial charge in [-0.3, -0.25) is 9.59 Å². The first-order valence-electron chi connectivity index (χ1n) is 9.00. The molecule has 1 amide bonds. The van der Waals surface area contributed by atoms with Crippen molar-refractivity contribution in [3.8, 4) is 17.1 Å².